The molecule has 0 aliphatic rings. The van der Waals surface area contributed by atoms with Crippen LogP contribution in [0.2, 0.25) is 0 Å². The number of azide groups is 1. The minimum absolute atomic E-state index is 0.119. The van der Waals surface area contributed by atoms with Crippen molar-refractivity contribution in [1.82, 2.24) is 4.98 Å². The third-order valence-electron chi connectivity index (χ3n) is 1.59. The maximum atomic E-state index is 10.6. The molecule has 0 saturated carbocycles. The Bertz CT molecular complexity index is 496. The highest BCUT2D eigenvalue weighted by Gasteiger charge is 2.10. The van der Waals surface area contributed by atoms with Crippen LogP contribution in [-0.2, 0) is 0 Å². The van der Waals surface area contributed by atoms with Gasteiger partial charge in [-0.05, 0) is 17.5 Å². The van der Waals surface area contributed by atoms with Crippen molar-refractivity contribution in [2.75, 3.05) is 6.54 Å². The van der Waals surface area contributed by atoms with Gasteiger partial charge in [-0.2, -0.15) is 0 Å². The SMILES string of the molecule is [N-]=[N+]=NCCC#Cc1ncccc1[N+](=O)[O-]. The zero-order chi connectivity index (χ0) is 11.8. The average molecular weight is 217 g/mol. The first-order chi connectivity index (χ1) is 7.75. The Morgan fingerprint density at radius 2 is 2.50 bits per heavy atom. The third kappa shape index (κ3) is 3.29. The third-order valence-corrected chi connectivity index (χ3v) is 1.59. The monoisotopic (exact) mass is 217 g/mol. The molecular formula is C9H7N5O2. The van der Waals surface area contributed by atoms with Crippen molar-refractivity contribution in [2.45, 2.75) is 6.42 Å². The number of pyridine rings is 1. The molecule has 0 saturated heterocycles. The Balaban J connectivity index is 2.80. The van der Waals surface area contributed by atoms with Gasteiger partial charge in [0.1, 0.15) is 0 Å². The molecule has 0 spiro atoms. The molecule has 0 aliphatic carbocycles. The lowest BCUT2D eigenvalue weighted by molar-refractivity contribution is -0.385. The molecule has 0 amide bonds. The molecule has 0 unspecified atom stereocenters. The second-order valence-corrected chi connectivity index (χ2v) is 2.63. The summed E-state index contributed by atoms with van der Waals surface area (Å²) in [5, 5.41) is 13.9. The summed E-state index contributed by atoms with van der Waals surface area (Å²) in [6, 6.07) is 2.81. The molecule has 7 nitrogen and oxygen atoms in total. The Hall–Kier alpha value is -2.58. The van der Waals surface area contributed by atoms with E-state index in [1.165, 1.54) is 18.3 Å². The fourth-order valence-corrected chi connectivity index (χ4v) is 0.937. The normalized spacial score (nSPS) is 8.50. The van der Waals surface area contributed by atoms with Gasteiger partial charge >= 0.3 is 5.69 Å². The summed E-state index contributed by atoms with van der Waals surface area (Å²) in [7, 11) is 0. The van der Waals surface area contributed by atoms with E-state index < -0.39 is 4.92 Å². The predicted octanol–water partition coefficient (Wildman–Crippen LogP) is 2.04. The maximum absolute atomic E-state index is 10.6. The number of hydrogen-bond acceptors (Lipinski definition) is 4. The van der Waals surface area contributed by atoms with Crippen molar-refractivity contribution in [2.24, 2.45) is 5.11 Å². The van der Waals surface area contributed by atoms with Gasteiger partial charge < -0.3 is 0 Å². The average Bonchev–Trinajstić information content (AvgIpc) is 2.29. The lowest BCUT2D eigenvalue weighted by Crippen LogP contribution is -1.94. The molecule has 1 rings (SSSR count). The Labute approximate surface area is 90.9 Å². The Morgan fingerprint density at radius 3 is 3.19 bits per heavy atom. The fourth-order valence-electron chi connectivity index (χ4n) is 0.937. The zero-order valence-electron chi connectivity index (χ0n) is 8.20. The summed E-state index contributed by atoms with van der Waals surface area (Å²) in [5.74, 6) is 5.22. The van der Waals surface area contributed by atoms with E-state index in [-0.39, 0.29) is 17.9 Å². The van der Waals surface area contributed by atoms with Gasteiger partial charge in [0, 0.05) is 30.1 Å². The van der Waals surface area contributed by atoms with Crippen LogP contribution in [0.5, 0.6) is 0 Å². The van der Waals surface area contributed by atoms with Crippen molar-refractivity contribution in [3.05, 3.63) is 44.6 Å². The molecule has 0 radical (unpaired) electrons. The number of rotatable bonds is 3. The van der Waals surface area contributed by atoms with Crippen LogP contribution < -0.4 is 0 Å². The highest BCUT2D eigenvalue weighted by atomic mass is 16.6. The topological polar surface area (TPSA) is 105 Å². The lowest BCUT2D eigenvalue weighted by Gasteiger charge is -1.92. The molecule has 1 heterocycles. The first-order valence-electron chi connectivity index (χ1n) is 4.35. The van der Waals surface area contributed by atoms with Gasteiger partial charge in [-0.15, -0.1) is 0 Å². The first kappa shape index (κ1) is 11.5. The molecule has 0 bridgehead atoms. The molecule has 80 valence electrons. The summed E-state index contributed by atoms with van der Waals surface area (Å²) >= 11 is 0. The fraction of sp³-hybridized carbons (Fsp3) is 0.222. The molecule has 1 aromatic heterocycles. The van der Waals surface area contributed by atoms with Crippen LogP contribution in [0.4, 0.5) is 5.69 Å². The molecule has 0 aliphatic heterocycles. The zero-order valence-corrected chi connectivity index (χ0v) is 8.20. The van der Waals surface area contributed by atoms with E-state index in [1.807, 2.05) is 0 Å². The van der Waals surface area contributed by atoms with E-state index in [9.17, 15) is 10.1 Å². The van der Waals surface area contributed by atoms with Crippen molar-refractivity contribution in [1.29, 1.82) is 0 Å². The van der Waals surface area contributed by atoms with Crippen LogP contribution >= 0.6 is 0 Å². The lowest BCUT2D eigenvalue weighted by atomic mass is 10.3. The molecule has 1 aromatic rings. The summed E-state index contributed by atoms with van der Waals surface area (Å²) < 4.78 is 0. The standard InChI is InChI=1S/C9H7N5O2/c10-13-12-7-2-1-4-8-9(14(15)16)5-3-6-11-8/h3,5-6H,2,7H2. The van der Waals surface area contributed by atoms with Gasteiger partial charge in [0.05, 0.1) is 4.92 Å². The second-order valence-electron chi connectivity index (χ2n) is 2.63. The summed E-state index contributed by atoms with van der Waals surface area (Å²) in [4.78, 5) is 16.4. The van der Waals surface area contributed by atoms with E-state index in [2.05, 4.69) is 26.9 Å². The van der Waals surface area contributed by atoms with Crippen molar-refractivity contribution >= 4 is 5.69 Å². The highest BCUT2D eigenvalue weighted by molar-refractivity contribution is 5.45. The number of aromatic nitrogens is 1. The highest BCUT2D eigenvalue weighted by Crippen LogP contribution is 2.13. The molecule has 0 fully saturated rings. The maximum Gasteiger partial charge on any atom is 0.303 e. The van der Waals surface area contributed by atoms with Crippen molar-refractivity contribution < 1.29 is 4.92 Å². The quantitative estimate of drug-likeness (QED) is 0.147. The van der Waals surface area contributed by atoms with Crippen LogP contribution in [0.3, 0.4) is 0 Å². The molecule has 16 heavy (non-hydrogen) atoms. The minimum Gasteiger partial charge on any atom is -0.258 e. The smallest absolute Gasteiger partial charge is 0.258 e. The molecule has 0 atom stereocenters. The van der Waals surface area contributed by atoms with Gasteiger partial charge in [-0.3, -0.25) is 10.1 Å². The number of hydrogen-bond donors (Lipinski definition) is 0. The predicted molar refractivity (Wildman–Crippen MR) is 56.4 cm³/mol. The second kappa shape index (κ2) is 6.01. The van der Waals surface area contributed by atoms with Gasteiger partial charge in [0.2, 0.25) is 0 Å². The van der Waals surface area contributed by atoms with Crippen LogP contribution in [0.15, 0.2) is 23.4 Å². The van der Waals surface area contributed by atoms with E-state index in [1.54, 1.807) is 0 Å². The molecule has 7 heteroatoms. The Morgan fingerprint density at radius 1 is 1.69 bits per heavy atom. The van der Waals surface area contributed by atoms with E-state index in [4.69, 9.17) is 5.53 Å². The Kier molecular flexibility index (Phi) is 4.32. The van der Waals surface area contributed by atoms with Crippen LogP contribution in [0.25, 0.3) is 10.4 Å². The van der Waals surface area contributed by atoms with Crippen LogP contribution in [0, 0.1) is 22.0 Å². The molecular weight excluding hydrogens is 210 g/mol. The molecule has 0 N–H and O–H groups in total. The number of nitrogens with zero attached hydrogens (tertiary/aromatic N) is 5. The minimum atomic E-state index is -0.537. The van der Waals surface area contributed by atoms with E-state index >= 15 is 0 Å². The van der Waals surface area contributed by atoms with Crippen LogP contribution in [-0.4, -0.2) is 16.5 Å². The first-order valence-corrected chi connectivity index (χ1v) is 4.35. The van der Waals surface area contributed by atoms with E-state index in [0.29, 0.717) is 6.42 Å². The number of nitro groups is 1. The van der Waals surface area contributed by atoms with Crippen molar-refractivity contribution in [3.63, 3.8) is 0 Å². The van der Waals surface area contributed by atoms with Gasteiger partial charge in [0.25, 0.3) is 0 Å². The summed E-state index contributed by atoms with van der Waals surface area (Å²) in [6.07, 6.45) is 1.78. The van der Waals surface area contributed by atoms with Crippen LogP contribution in [0.1, 0.15) is 12.1 Å². The summed E-state index contributed by atoms with van der Waals surface area (Å²) in [5.41, 5.74) is 8.00. The van der Waals surface area contributed by atoms with E-state index in [0.717, 1.165) is 0 Å². The molecule has 0 aromatic carbocycles. The van der Waals surface area contributed by atoms with Gasteiger partial charge in [-0.25, -0.2) is 4.98 Å². The van der Waals surface area contributed by atoms with Gasteiger partial charge in [0.15, 0.2) is 5.69 Å². The summed E-state index contributed by atoms with van der Waals surface area (Å²) in [6.45, 7) is 0.240. The largest absolute Gasteiger partial charge is 0.303 e. The van der Waals surface area contributed by atoms with Gasteiger partial charge in [-0.1, -0.05) is 11.0 Å². The van der Waals surface area contributed by atoms with Crippen molar-refractivity contribution in [3.8, 4) is 11.8 Å².